The van der Waals surface area contributed by atoms with Gasteiger partial charge in [-0.25, -0.2) is 4.79 Å². The number of rotatable bonds is 3. The van der Waals surface area contributed by atoms with Crippen molar-refractivity contribution in [3.63, 3.8) is 0 Å². The second-order valence-corrected chi connectivity index (χ2v) is 3.48. The number of aliphatic carboxylic acids is 1. The quantitative estimate of drug-likeness (QED) is 0.664. The van der Waals surface area contributed by atoms with Gasteiger partial charge in [-0.05, 0) is 12.8 Å². The third-order valence-corrected chi connectivity index (χ3v) is 2.40. The Bertz CT molecular complexity index is 241. The molecule has 1 saturated heterocycles. The van der Waals surface area contributed by atoms with Crippen molar-refractivity contribution in [3.8, 4) is 0 Å². The monoisotopic (exact) mass is 201 g/mol. The first-order valence-electron chi connectivity index (χ1n) is 4.78. The Morgan fingerprint density at radius 3 is 2.64 bits per heavy atom. The first kappa shape index (κ1) is 11.0. The number of hydrogen-bond acceptors (Lipinski definition) is 3. The van der Waals surface area contributed by atoms with Crippen molar-refractivity contribution < 1.29 is 19.8 Å². The van der Waals surface area contributed by atoms with Crippen LogP contribution in [0, 0.1) is 0 Å². The van der Waals surface area contributed by atoms with Crippen LogP contribution >= 0.6 is 0 Å². The third kappa shape index (κ3) is 2.04. The number of carbonyl (C=O) groups excluding carboxylic acids is 1. The summed E-state index contributed by atoms with van der Waals surface area (Å²) in [5, 5.41) is 18.2. The molecule has 0 saturated carbocycles. The second kappa shape index (κ2) is 4.41. The van der Waals surface area contributed by atoms with Crippen molar-refractivity contribution in [1.82, 2.24) is 4.90 Å². The van der Waals surface area contributed by atoms with Gasteiger partial charge in [0.05, 0.1) is 6.10 Å². The highest BCUT2D eigenvalue weighted by Gasteiger charge is 2.40. The zero-order chi connectivity index (χ0) is 10.7. The van der Waals surface area contributed by atoms with E-state index in [1.165, 1.54) is 4.90 Å². The number of amides is 1. The third-order valence-electron chi connectivity index (χ3n) is 2.40. The van der Waals surface area contributed by atoms with Crippen LogP contribution in [0.15, 0.2) is 0 Å². The molecule has 1 aliphatic heterocycles. The number of carbonyl (C=O) groups is 2. The molecule has 1 aliphatic rings. The van der Waals surface area contributed by atoms with Crippen molar-refractivity contribution in [3.05, 3.63) is 0 Å². The maximum absolute atomic E-state index is 11.5. The number of carboxylic acid groups (broad SMARTS) is 1. The van der Waals surface area contributed by atoms with E-state index < -0.39 is 18.1 Å². The molecule has 0 aliphatic carbocycles. The fourth-order valence-corrected chi connectivity index (χ4v) is 1.71. The van der Waals surface area contributed by atoms with Gasteiger partial charge in [0.25, 0.3) is 0 Å². The summed E-state index contributed by atoms with van der Waals surface area (Å²) in [5.41, 5.74) is 0. The molecule has 0 radical (unpaired) electrons. The van der Waals surface area contributed by atoms with E-state index in [-0.39, 0.29) is 5.91 Å². The van der Waals surface area contributed by atoms with Crippen LogP contribution in [0.1, 0.15) is 26.2 Å². The van der Waals surface area contributed by atoms with Crippen LogP contribution in [0.25, 0.3) is 0 Å². The fourth-order valence-electron chi connectivity index (χ4n) is 1.71. The molecule has 2 atom stereocenters. The van der Waals surface area contributed by atoms with Gasteiger partial charge in [0.2, 0.25) is 5.91 Å². The van der Waals surface area contributed by atoms with Crippen LogP contribution < -0.4 is 0 Å². The summed E-state index contributed by atoms with van der Waals surface area (Å²) in [6.07, 6.45) is 0.467. The van der Waals surface area contributed by atoms with Crippen LogP contribution in [-0.2, 0) is 9.59 Å². The Hall–Kier alpha value is -1.10. The molecule has 5 nitrogen and oxygen atoms in total. The Kier molecular flexibility index (Phi) is 3.46. The van der Waals surface area contributed by atoms with Crippen LogP contribution in [0.4, 0.5) is 0 Å². The molecular formula is C9H15NO4. The van der Waals surface area contributed by atoms with E-state index >= 15 is 0 Å². The molecule has 0 aromatic heterocycles. The van der Waals surface area contributed by atoms with Crippen LogP contribution in [-0.4, -0.2) is 45.7 Å². The summed E-state index contributed by atoms with van der Waals surface area (Å²) in [4.78, 5) is 23.5. The number of carboxylic acids is 1. The smallest absolute Gasteiger partial charge is 0.329 e. The molecule has 1 amide bonds. The molecule has 0 spiro atoms. The van der Waals surface area contributed by atoms with Gasteiger partial charge in [0, 0.05) is 13.0 Å². The molecule has 1 rings (SSSR count). The zero-order valence-electron chi connectivity index (χ0n) is 8.14. The zero-order valence-corrected chi connectivity index (χ0v) is 8.14. The minimum Gasteiger partial charge on any atom is -0.480 e. The van der Waals surface area contributed by atoms with Gasteiger partial charge in [0.15, 0.2) is 6.04 Å². The van der Waals surface area contributed by atoms with E-state index in [4.69, 9.17) is 5.11 Å². The van der Waals surface area contributed by atoms with Gasteiger partial charge in [0.1, 0.15) is 0 Å². The van der Waals surface area contributed by atoms with Gasteiger partial charge in [-0.15, -0.1) is 0 Å². The number of aliphatic hydroxyl groups excluding tert-OH is 1. The first-order valence-corrected chi connectivity index (χ1v) is 4.78. The Labute approximate surface area is 82.3 Å². The summed E-state index contributed by atoms with van der Waals surface area (Å²) < 4.78 is 0. The van der Waals surface area contributed by atoms with E-state index in [2.05, 4.69) is 0 Å². The van der Waals surface area contributed by atoms with Crippen molar-refractivity contribution in [2.75, 3.05) is 6.54 Å². The summed E-state index contributed by atoms with van der Waals surface area (Å²) in [6, 6.07) is -1.05. The molecule has 1 fully saturated rings. The summed E-state index contributed by atoms with van der Waals surface area (Å²) in [6.45, 7) is 2.21. The second-order valence-electron chi connectivity index (χ2n) is 3.48. The molecule has 0 bridgehead atoms. The molecule has 2 N–H and O–H groups in total. The molecule has 1 heterocycles. The van der Waals surface area contributed by atoms with E-state index in [0.717, 1.165) is 0 Å². The SMILES string of the molecule is CCCC(=O)N1CCC(O)[C@@H]1C(=O)O. The Morgan fingerprint density at radius 2 is 2.14 bits per heavy atom. The maximum Gasteiger partial charge on any atom is 0.329 e. The minimum absolute atomic E-state index is 0.184. The predicted molar refractivity (Wildman–Crippen MR) is 48.7 cm³/mol. The highest BCUT2D eigenvalue weighted by Crippen LogP contribution is 2.19. The molecule has 5 heteroatoms. The van der Waals surface area contributed by atoms with Gasteiger partial charge < -0.3 is 15.1 Å². The Morgan fingerprint density at radius 1 is 1.50 bits per heavy atom. The summed E-state index contributed by atoms with van der Waals surface area (Å²) in [7, 11) is 0. The lowest BCUT2D eigenvalue weighted by Crippen LogP contribution is -2.44. The maximum atomic E-state index is 11.5. The van der Waals surface area contributed by atoms with E-state index in [0.29, 0.717) is 25.8 Å². The van der Waals surface area contributed by atoms with Gasteiger partial charge in [-0.1, -0.05) is 6.92 Å². The fraction of sp³-hybridized carbons (Fsp3) is 0.778. The molecular weight excluding hydrogens is 186 g/mol. The normalized spacial score (nSPS) is 26.6. The van der Waals surface area contributed by atoms with Crippen LogP contribution in [0.5, 0.6) is 0 Å². The van der Waals surface area contributed by atoms with E-state index in [1.807, 2.05) is 6.92 Å². The van der Waals surface area contributed by atoms with E-state index in [1.54, 1.807) is 0 Å². The highest BCUT2D eigenvalue weighted by atomic mass is 16.4. The van der Waals surface area contributed by atoms with Crippen molar-refractivity contribution in [1.29, 1.82) is 0 Å². The van der Waals surface area contributed by atoms with Crippen LogP contribution in [0.3, 0.4) is 0 Å². The van der Waals surface area contributed by atoms with Gasteiger partial charge >= 0.3 is 5.97 Å². The predicted octanol–water partition coefficient (Wildman–Crippen LogP) is -0.167. The number of nitrogens with zero attached hydrogens (tertiary/aromatic N) is 1. The summed E-state index contributed by atoms with van der Waals surface area (Å²) >= 11 is 0. The Balaban J connectivity index is 2.69. The minimum atomic E-state index is -1.13. The lowest BCUT2D eigenvalue weighted by atomic mass is 10.1. The lowest BCUT2D eigenvalue weighted by Gasteiger charge is -2.22. The number of likely N-dealkylation sites (tertiary alicyclic amines) is 1. The van der Waals surface area contributed by atoms with E-state index in [9.17, 15) is 14.7 Å². The average Bonchev–Trinajstić information content (AvgIpc) is 2.47. The average molecular weight is 201 g/mol. The molecule has 1 unspecified atom stereocenters. The van der Waals surface area contributed by atoms with Crippen molar-refractivity contribution >= 4 is 11.9 Å². The van der Waals surface area contributed by atoms with Crippen molar-refractivity contribution in [2.24, 2.45) is 0 Å². The molecule has 0 aromatic rings. The van der Waals surface area contributed by atoms with Gasteiger partial charge in [-0.2, -0.15) is 0 Å². The molecule has 14 heavy (non-hydrogen) atoms. The molecule has 0 aromatic carbocycles. The van der Waals surface area contributed by atoms with Crippen molar-refractivity contribution in [2.45, 2.75) is 38.3 Å². The topological polar surface area (TPSA) is 77.8 Å². The standard InChI is InChI=1S/C9H15NO4/c1-2-3-7(12)10-5-4-6(11)8(10)9(13)14/h6,8,11H,2-5H2,1H3,(H,13,14)/t6?,8-/m1/s1. The van der Waals surface area contributed by atoms with Crippen LogP contribution in [0.2, 0.25) is 0 Å². The number of hydrogen-bond donors (Lipinski definition) is 2. The lowest BCUT2D eigenvalue weighted by molar-refractivity contribution is -0.151. The number of aliphatic hydroxyl groups is 1. The molecule has 80 valence electrons. The largest absolute Gasteiger partial charge is 0.480 e. The summed E-state index contributed by atoms with van der Waals surface area (Å²) in [5.74, 6) is -1.31. The van der Waals surface area contributed by atoms with Gasteiger partial charge in [-0.3, -0.25) is 4.79 Å². The highest BCUT2D eigenvalue weighted by molar-refractivity contribution is 5.84. The first-order chi connectivity index (χ1) is 6.57.